The molecule has 0 radical (unpaired) electrons. The number of rotatable bonds is 4. The molecule has 1 aliphatic carbocycles. The van der Waals surface area contributed by atoms with Crippen molar-refractivity contribution >= 4 is 33.3 Å². The molecule has 3 N–H and O–H groups in total. The van der Waals surface area contributed by atoms with Crippen molar-refractivity contribution in [3.8, 4) is 0 Å². The van der Waals surface area contributed by atoms with Gasteiger partial charge in [0.15, 0.2) is 0 Å². The van der Waals surface area contributed by atoms with Crippen LogP contribution in [-0.4, -0.2) is 34.3 Å². The van der Waals surface area contributed by atoms with Crippen LogP contribution in [0, 0.1) is 6.92 Å². The molecule has 2 aromatic heterocycles. The largest absolute Gasteiger partial charge is 0.395 e. The van der Waals surface area contributed by atoms with Gasteiger partial charge in [-0.2, -0.15) is 4.98 Å². The summed E-state index contributed by atoms with van der Waals surface area (Å²) in [7, 11) is 0. The second kappa shape index (κ2) is 4.37. The molecule has 18 heavy (non-hydrogen) atoms. The molecule has 5 nitrogen and oxygen atoms in total. The van der Waals surface area contributed by atoms with Gasteiger partial charge in [0.2, 0.25) is 5.95 Å². The second-order valence-electron chi connectivity index (χ2n) is 4.63. The number of anilines is 2. The summed E-state index contributed by atoms with van der Waals surface area (Å²) in [5.74, 6) is 1.18. The molecule has 0 saturated heterocycles. The molecule has 0 aromatic carbocycles. The van der Waals surface area contributed by atoms with Gasteiger partial charge in [0.1, 0.15) is 10.6 Å². The highest BCUT2D eigenvalue weighted by Crippen LogP contribution is 2.36. The van der Waals surface area contributed by atoms with Gasteiger partial charge in [-0.15, -0.1) is 11.3 Å². The van der Waals surface area contributed by atoms with Gasteiger partial charge >= 0.3 is 0 Å². The smallest absolute Gasteiger partial charge is 0.223 e. The molecule has 0 atom stereocenters. The van der Waals surface area contributed by atoms with Crippen molar-refractivity contribution in [2.45, 2.75) is 25.8 Å². The van der Waals surface area contributed by atoms with Crippen LogP contribution in [0.1, 0.15) is 17.7 Å². The second-order valence-corrected chi connectivity index (χ2v) is 5.86. The first-order valence-corrected chi connectivity index (χ1v) is 6.92. The summed E-state index contributed by atoms with van der Waals surface area (Å²) in [6, 6.07) is 2.59. The number of aromatic nitrogens is 2. The Balaban J connectivity index is 2.12. The Hall–Kier alpha value is -1.40. The topological polar surface area (TPSA) is 75.3 Å². The van der Waals surface area contributed by atoms with Gasteiger partial charge < -0.3 is 15.7 Å². The number of hydrogen-bond donors (Lipinski definition) is 2. The average Bonchev–Trinajstić information content (AvgIpc) is 3.08. The van der Waals surface area contributed by atoms with Gasteiger partial charge in [0, 0.05) is 17.5 Å². The zero-order valence-corrected chi connectivity index (χ0v) is 11.1. The average molecular weight is 264 g/mol. The quantitative estimate of drug-likeness (QED) is 0.876. The number of aryl methyl sites for hydroxylation is 1. The van der Waals surface area contributed by atoms with E-state index in [0.29, 0.717) is 18.5 Å². The van der Waals surface area contributed by atoms with Crippen LogP contribution in [-0.2, 0) is 0 Å². The number of nitrogens with two attached hydrogens (primary N) is 1. The van der Waals surface area contributed by atoms with Crippen LogP contribution in [0.25, 0.3) is 10.2 Å². The molecule has 0 unspecified atom stereocenters. The molecule has 6 heteroatoms. The molecule has 1 saturated carbocycles. The first-order chi connectivity index (χ1) is 8.69. The van der Waals surface area contributed by atoms with Crippen molar-refractivity contribution in [2.75, 3.05) is 23.8 Å². The third-order valence-corrected chi connectivity index (χ3v) is 4.06. The van der Waals surface area contributed by atoms with Crippen molar-refractivity contribution in [3.63, 3.8) is 0 Å². The highest BCUT2D eigenvalue weighted by Gasteiger charge is 2.31. The summed E-state index contributed by atoms with van der Waals surface area (Å²) in [6.07, 6.45) is 2.32. The van der Waals surface area contributed by atoms with Crippen LogP contribution >= 0.6 is 11.3 Å². The van der Waals surface area contributed by atoms with Crippen molar-refractivity contribution in [1.82, 2.24) is 9.97 Å². The third-order valence-electron chi connectivity index (χ3n) is 3.11. The maximum absolute atomic E-state index is 9.21. The van der Waals surface area contributed by atoms with E-state index in [1.165, 1.54) is 4.88 Å². The minimum Gasteiger partial charge on any atom is -0.395 e. The van der Waals surface area contributed by atoms with Gasteiger partial charge in [-0.25, -0.2) is 4.98 Å². The summed E-state index contributed by atoms with van der Waals surface area (Å²) < 4.78 is 0. The van der Waals surface area contributed by atoms with Crippen LogP contribution in [0.3, 0.4) is 0 Å². The first-order valence-electron chi connectivity index (χ1n) is 6.10. The van der Waals surface area contributed by atoms with E-state index in [1.807, 2.05) is 0 Å². The summed E-state index contributed by atoms with van der Waals surface area (Å²) in [5, 5.41) is 10.3. The van der Waals surface area contributed by atoms with Gasteiger partial charge in [-0.05, 0) is 25.8 Å². The molecule has 2 aromatic rings. The van der Waals surface area contributed by atoms with E-state index >= 15 is 0 Å². The van der Waals surface area contributed by atoms with Crippen LogP contribution in [0.15, 0.2) is 6.07 Å². The Bertz CT molecular complexity index is 579. The number of fused-ring (bicyclic) bond motifs is 1. The number of nitrogen functional groups attached to an aromatic ring is 1. The molecular formula is C12H16N4OS. The van der Waals surface area contributed by atoms with Gasteiger partial charge in [0.25, 0.3) is 0 Å². The van der Waals surface area contributed by atoms with E-state index in [1.54, 1.807) is 11.3 Å². The zero-order chi connectivity index (χ0) is 12.7. The Morgan fingerprint density at radius 3 is 2.94 bits per heavy atom. The standard InChI is InChI=1S/C12H16N4OS/c1-7-6-9-10(14-12(13)15-11(9)18-7)16(4-5-17)8-2-3-8/h6,8,17H,2-5H2,1H3,(H2,13,14,15). The van der Waals surface area contributed by atoms with Gasteiger partial charge in [-0.1, -0.05) is 0 Å². The lowest BCUT2D eigenvalue weighted by Crippen LogP contribution is -2.30. The fourth-order valence-corrected chi connectivity index (χ4v) is 3.10. The fraction of sp³-hybridized carbons (Fsp3) is 0.500. The summed E-state index contributed by atoms with van der Waals surface area (Å²) in [4.78, 5) is 12.9. The number of nitrogens with zero attached hydrogens (tertiary/aromatic N) is 3. The van der Waals surface area contributed by atoms with Crippen LogP contribution in [0.4, 0.5) is 11.8 Å². The molecule has 1 aliphatic rings. The van der Waals surface area contributed by atoms with Gasteiger partial charge in [-0.3, -0.25) is 0 Å². The summed E-state index contributed by atoms with van der Waals surface area (Å²) in [6.45, 7) is 2.79. The molecule has 0 spiro atoms. The fourth-order valence-electron chi connectivity index (χ4n) is 2.22. The monoisotopic (exact) mass is 264 g/mol. The van der Waals surface area contributed by atoms with Crippen LogP contribution < -0.4 is 10.6 Å². The highest BCUT2D eigenvalue weighted by atomic mass is 32.1. The molecule has 3 rings (SSSR count). The van der Waals surface area contributed by atoms with Crippen molar-refractivity contribution in [3.05, 3.63) is 10.9 Å². The number of hydrogen-bond acceptors (Lipinski definition) is 6. The molecule has 0 aliphatic heterocycles. The molecule has 96 valence electrons. The van der Waals surface area contributed by atoms with E-state index in [9.17, 15) is 5.11 Å². The minimum atomic E-state index is 0.130. The Morgan fingerprint density at radius 2 is 2.28 bits per heavy atom. The Labute approximate surface area is 109 Å². The van der Waals surface area contributed by atoms with Crippen molar-refractivity contribution in [1.29, 1.82) is 0 Å². The number of aliphatic hydroxyl groups is 1. The third kappa shape index (κ3) is 2.02. The predicted octanol–water partition coefficient (Wildman–Crippen LogP) is 1.54. The normalized spacial score (nSPS) is 15.2. The highest BCUT2D eigenvalue weighted by molar-refractivity contribution is 7.18. The van der Waals surface area contributed by atoms with Crippen molar-refractivity contribution < 1.29 is 5.11 Å². The Kier molecular flexibility index (Phi) is 2.83. The molecular weight excluding hydrogens is 248 g/mol. The molecule has 0 bridgehead atoms. The first kappa shape index (κ1) is 11.7. The van der Waals surface area contributed by atoms with E-state index in [-0.39, 0.29) is 6.61 Å². The number of thiophene rings is 1. The van der Waals surface area contributed by atoms with E-state index in [4.69, 9.17) is 5.73 Å². The van der Waals surface area contributed by atoms with Crippen molar-refractivity contribution in [2.24, 2.45) is 0 Å². The predicted molar refractivity (Wildman–Crippen MR) is 74.0 cm³/mol. The SMILES string of the molecule is Cc1cc2c(N(CCO)C3CC3)nc(N)nc2s1. The van der Waals surface area contributed by atoms with Crippen LogP contribution in [0.2, 0.25) is 0 Å². The van der Waals surface area contributed by atoms with E-state index in [2.05, 4.69) is 27.9 Å². The maximum Gasteiger partial charge on any atom is 0.223 e. The zero-order valence-electron chi connectivity index (χ0n) is 10.3. The number of aliphatic hydroxyl groups excluding tert-OH is 1. The minimum absolute atomic E-state index is 0.130. The van der Waals surface area contributed by atoms with E-state index < -0.39 is 0 Å². The molecule has 1 fully saturated rings. The van der Waals surface area contributed by atoms with Crippen LogP contribution in [0.5, 0.6) is 0 Å². The Morgan fingerprint density at radius 1 is 1.50 bits per heavy atom. The summed E-state index contributed by atoms with van der Waals surface area (Å²) >= 11 is 1.63. The lowest BCUT2D eigenvalue weighted by molar-refractivity contribution is 0.301. The lowest BCUT2D eigenvalue weighted by atomic mass is 10.3. The van der Waals surface area contributed by atoms with E-state index in [0.717, 1.165) is 28.9 Å². The maximum atomic E-state index is 9.21. The summed E-state index contributed by atoms with van der Waals surface area (Å²) in [5.41, 5.74) is 5.78. The van der Waals surface area contributed by atoms with Gasteiger partial charge in [0.05, 0.1) is 12.0 Å². The lowest BCUT2D eigenvalue weighted by Gasteiger charge is -2.23. The molecule has 2 heterocycles. The molecule has 0 amide bonds.